The summed E-state index contributed by atoms with van der Waals surface area (Å²) in [5, 5.41) is 6.87. The maximum atomic E-state index is 13.2. The highest BCUT2D eigenvalue weighted by molar-refractivity contribution is 7.10. The Labute approximate surface area is 150 Å². The van der Waals surface area contributed by atoms with Gasteiger partial charge in [-0.25, -0.2) is 4.68 Å². The number of thiophene rings is 1. The topological polar surface area (TPSA) is 38.1 Å². The van der Waals surface area contributed by atoms with Gasteiger partial charge in [0.25, 0.3) is 5.91 Å². The van der Waals surface area contributed by atoms with Crippen molar-refractivity contribution >= 4 is 17.2 Å². The zero-order valence-corrected chi connectivity index (χ0v) is 14.8. The largest absolute Gasteiger partial charge is 0.333 e. The maximum absolute atomic E-state index is 13.2. The van der Waals surface area contributed by atoms with Crippen LogP contribution >= 0.6 is 11.3 Å². The molecule has 3 aromatic rings. The number of para-hydroxylation sites is 1. The molecule has 2 aliphatic rings. The van der Waals surface area contributed by atoms with Crippen LogP contribution in [0.15, 0.2) is 41.8 Å². The number of carbonyl (C=O) groups is 1. The van der Waals surface area contributed by atoms with E-state index in [1.54, 1.807) is 11.3 Å². The number of nitrogens with zero attached hydrogens (tertiary/aromatic N) is 3. The first-order valence-electron chi connectivity index (χ1n) is 8.82. The summed E-state index contributed by atoms with van der Waals surface area (Å²) >= 11 is 1.80. The molecular formula is C20H19N3OS. The summed E-state index contributed by atoms with van der Waals surface area (Å²) in [7, 11) is 0. The van der Waals surface area contributed by atoms with Gasteiger partial charge in [-0.2, -0.15) is 5.10 Å². The van der Waals surface area contributed by atoms with Gasteiger partial charge in [0.1, 0.15) is 0 Å². The Morgan fingerprint density at radius 2 is 1.96 bits per heavy atom. The Bertz CT molecular complexity index is 941. The van der Waals surface area contributed by atoms with Gasteiger partial charge in [-0.05, 0) is 54.8 Å². The molecular weight excluding hydrogens is 330 g/mol. The minimum atomic E-state index is 0.0877. The lowest BCUT2D eigenvalue weighted by atomic mass is 10.1. The fourth-order valence-electron chi connectivity index (χ4n) is 3.96. The highest BCUT2D eigenvalue weighted by atomic mass is 32.1. The summed E-state index contributed by atoms with van der Waals surface area (Å²) in [6.45, 7) is 1.50. The molecule has 5 heteroatoms. The quantitative estimate of drug-likeness (QED) is 0.709. The molecule has 1 aliphatic heterocycles. The molecule has 1 aliphatic carbocycles. The molecule has 1 amide bonds. The minimum Gasteiger partial charge on any atom is -0.333 e. The summed E-state index contributed by atoms with van der Waals surface area (Å²) in [5.41, 5.74) is 5.37. The van der Waals surface area contributed by atoms with E-state index in [0.717, 1.165) is 43.5 Å². The van der Waals surface area contributed by atoms with Crippen molar-refractivity contribution in [3.05, 3.63) is 69.2 Å². The lowest BCUT2D eigenvalue weighted by Crippen LogP contribution is -2.36. The number of aromatic nitrogens is 2. The molecule has 0 fully saturated rings. The number of rotatable bonds is 2. The van der Waals surface area contributed by atoms with Gasteiger partial charge in [0, 0.05) is 29.2 Å². The zero-order valence-electron chi connectivity index (χ0n) is 13.9. The lowest BCUT2D eigenvalue weighted by Gasteiger charge is -2.26. The number of benzene rings is 1. The molecule has 0 saturated heterocycles. The van der Waals surface area contributed by atoms with E-state index in [4.69, 9.17) is 5.10 Å². The SMILES string of the molecule is O=C(c1nn(-c2ccccc2)c2c1CCC2)N1CCc2sccc2C1. The summed E-state index contributed by atoms with van der Waals surface area (Å²) in [6.07, 6.45) is 4.02. The second kappa shape index (κ2) is 5.85. The Balaban J connectivity index is 1.51. The highest BCUT2D eigenvalue weighted by Gasteiger charge is 2.31. The molecule has 1 aromatic carbocycles. The van der Waals surface area contributed by atoms with E-state index in [2.05, 4.69) is 23.6 Å². The Morgan fingerprint density at radius 1 is 1.08 bits per heavy atom. The fraction of sp³-hybridized carbons (Fsp3) is 0.300. The fourth-order valence-corrected chi connectivity index (χ4v) is 4.85. The summed E-state index contributed by atoms with van der Waals surface area (Å²) in [5.74, 6) is 0.0877. The Morgan fingerprint density at radius 3 is 2.84 bits per heavy atom. The summed E-state index contributed by atoms with van der Waals surface area (Å²) in [4.78, 5) is 16.6. The maximum Gasteiger partial charge on any atom is 0.274 e. The van der Waals surface area contributed by atoms with Crippen LogP contribution in [0.25, 0.3) is 5.69 Å². The molecule has 0 N–H and O–H groups in total. The first-order valence-corrected chi connectivity index (χ1v) is 9.70. The highest BCUT2D eigenvalue weighted by Crippen LogP contribution is 2.30. The first kappa shape index (κ1) is 14.9. The van der Waals surface area contributed by atoms with Crippen molar-refractivity contribution in [3.63, 3.8) is 0 Å². The third kappa shape index (κ3) is 2.42. The third-order valence-corrected chi connectivity index (χ3v) is 6.25. The monoisotopic (exact) mass is 349 g/mol. The first-order chi connectivity index (χ1) is 12.3. The van der Waals surface area contributed by atoms with Gasteiger partial charge in [0.05, 0.1) is 5.69 Å². The van der Waals surface area contributed by atoms with Gasteiger partial charge in [-0.1, -0.05) is 18.2 Å². The molecule has 25 heavy (non-hydrogen) atoms. The minimum absolute atomic E-state index is 0.0877. The molecule has 0 saturated carbocycles. The molecule has 0 bridgehead atoms. The van der Waals surface area contributed by atoms with Gasteiger partial charge < -0.3 is 4.90 Å². The van der Waals surface area contributed by atoms with Gasteiger partial charge >= 0.3 is 0 Å². The number of amides is 1. The number of hydrogen-bond acceptors (Lipinski definition) is 3. The van der Waals surface area contributed by atoms with Crippen LogP contribution in [0.5, 0.6) is 0 Å². The normalized spacial score (nSPS) is 15.9. The molecule has 0 atom stereocenters. The molecule has 0 spiro atoms. The van der Waals surface area contributed by atoms with Crippen LogP contribution in [0, 0.1) is 0 Å². The van der Waals surface area contributed by atoms with Gasteiger partial charge in [0.2, 0.25) is 0 Å². The Kier molecular flexibility index (Phi) is 3.48. The number of carbonyl (C=O) groups excluding carboxylic acids is 1. The van der Waals surface area contributed by atoms with Crippen molar-refractivity contribution in [1.29, 1.82) is 0 Å². The second-order valence-electron chi connectivity index (χ2n) is 6.72. The molecule has 2 aromatic heterocycles. The van der Waals surface area contributed by atoms with Crippen molar-refractivity contribution < 1.29 is 4.79 Å². The van der Waals surface area contributed by atoms with Gasteiger partial charge in [0.15, 0.2) is 5.69 Å². The van der Waals surface area contributed by atoms with Crippen LogP contribution < -0.4 is 0 Å². The van der Waals surface area contributed by atoms with Crippen molar-refractivity contribution in [2.24, 2.45) is 0 Å². The van der Waals surface area contributed by atoms with Crippen LogP contribution in [0.1, 0.15) is 38.6 Å². The van der Waals surface area contributed by atoms with E-state index in [0.29, 0.717) is 12.2 Å². The smallest absolute Gasteiger partial charge is 0.274 e. The zero-order chi connectivity index (χ0) is 16.8. The molecule has 126 valence electrons. The van der Waals surface area contributed by atoms with Gasteiger partial charge in [-0.3, -0.25) is 4.79 Å². The van der Waals surface area contributed by atoms with Crippen molar-refractivity contribution in [3.8, 4) is 5.69 Å². The van der Waals surface area contributed by atoms with Gasteiger partial charge in [-0.15, -0.1) is 11.3 Å². The van der Waals surface area contributed by atoms with Crippen molar-refractivity contribution in [2.45, 2.75) is 32.2 Å². The van der Waals surface area contributed by atoms with Crippen LogP contribution in [0.3, 0.4) is 0 Å². The second-order valence-corrected chi connectivity index (χ2v) is 7.72. The molecule has 3 heterocycles. The third-order valence-electron chi connectivity index (χ3n) is 5.23. The van der Waals surface area contributed by atoms with Crippen LogP contribution in [0.4, 0.5) is 0 Å². The standard InChI is InChI=1S/C20H19N3OS/c24-20(22-11-9-18-14(13-22)10-12-25-18)19-16-7-4-8-17(16)23(21-19)15-5-2-1-3-6-15/h1-3,5-6,10,12H,4,7-9,11,13H2. The van der Waals surface area contributed by atoms with E-state index >= 15 is 0 Å². The van der Waals surface area contributed by atoms with E-state index in [1.165, 1.54) is 16.1 Å². The predicted octanol–water partition coefficient (Wildman–Crippen LogP) is 3.62. The van der Waals surface area contributed by atoms with Crippen molar-refractivity contribution in [1.82, 2.24) is 14.7 Å². The van der Waals surface area contributed by atoms with Crippen molar-refractivity contribution in [2.75, 3.05) is 6.54 Å². The van der Waals surface area contributed by atoms with E-state index in [1.807, 2.05) is 27.8 Å². The predicted molar refractivity (Wildman–Crippen MR) is 98.4 cm³/mol. The molecule has 0 radical (unpaired) electrons. The molecule has 4 nitrogen and oxygen atoms in total. The molecule has 5 rings (SSSR count). The average Bonchev–Trinajstić information content (AvgIpc) is 3.37. The summed E-state index contributed by atoms with van der Waals surface area (Å²) < 4.78 is 1.98. The Hall–Kier alpha value is -2.40. The molecule has 0 unspecified atom stereocenters. The summed E-state index contributed by atoms with van der Waals surface area (Å²) in [6, 6.07) is 12.3. The lowest BCUT2D eigenvalue weighted by molar-refractivity contribution is 0.0728. The number of fused-ring (bicyclic) bond motifs is 2. The number of hydrogen-bond donors (Lipinski definition) is 0. The van der Waals surface area contributed by atoms with Crippen LogP contribution in [-0.2, 0) is 25.8 Å². The average molecular weight is 349 g/mol. The van der Waals surface area contributed by atoms with Crippen LogP contribution in [0.2, 0.25) is 0 Å². The van der Waals surface area contributed by atoms with E-state index in [9.17, 15) is 4.79 Å². The van der Waals surface area contributed by atoms with E-state index < -0.39 is 0 Å². The van der Waals surface area contributed by atoms with Crippen LogP contribution in [-0.4, -0.2) is 27.1 Å². The van der Waals surface area contributed by atoms with E-state index in [-0.39, 0.29) is 5.91 Å².